The van der Waals surface area contributed by atoms with Crippen LogP contribution < -0.4 is 0 Å². The van der Waals surface area contributed by atoms with Gasteiger partial charge in [0.1, 0.15) is 0 Å². The predicted molar refractivity (Wildman–Crippen MR) is 244 cm³/mol. The summed E-state index contributed by atoms with van der Waals surface area (Å²) in [4.78, 5) is 0. The zero-order valence-corrected chi connectivity index (χ0v) is 38.3. The molecule has 0 nitrogen and oxygen atoms in total. The van der Waals surface area contributed by atoms with Gasteiger partial charge in [-0.3, -0.25) is 0 Å². The van der Waals surface area contributed by atoms with Crippen LogP contribution in [0.15, 0.2) is 0 Å². The van der Waals surface area contributed by atoms with Gasteiger partial charge >= 0.3 is 254 Å². The van der Waals surface area contributed by atoms with Gasteiger partial charge in [0.2, 0.25) is 0 Å². The third-order valence-corrected chi connectivity index (χ3v) is 18.6. The molecule has 0 atom stereocenters. The van der Waals surface area contributed by atoms with Crippen molar-refractivity contribution in [3.63, 3.8) is 0 Å². The van der Waals surface area contributed by atoms with Crippen molar-refractivity contribution in [2.24, 2.45) is 0 Å². The average Bonchev–Trinajstić information content (AvgIpc) is 3.12. The normalized spacial score (nSPS) is 12.8. The van der Waals surface area contributed by atoms with Crippen molar-refractivity contribution in [2.75, 3.05) is 25.2 Å². The van der Waals surface area contributed by atoms with Gasteiger partial charge in [0.15, 0.2) is 0 Å². The summed E-state index contributed by atoms with van der Waals surface area (Å²) in [5.41, 5.74) is 0. The van der Waals surface area contributed by atoms with Crippen LogP contribution in [0.25, 0.3) is 0 Å². The monoisotopic (exact) mass is 757 g/mol. The smallest absolute Gasteiger partial charge is 0.0654 e. The molecular weight excluding hydrogens is 655 g/mol. The molecule has 0 aliphatic carbocycles. The molecule has 310 valence electrons. The summed E-state index contributed by atoms with van der Waals surface area (Å²) < 4.78 is 0. The molecule has 0 radical (unpaired) electrons. The Bertz CT molecular complexity index is 559. The van der Waals surface area contributed by atoms with Gasteiger partial charge in [0.05, 0.1) is 0 Å². The second-order valence-electron chi connectivity index (χ2n) is 18.1. The molecular formula is C49H102ClP. The van der Waals surface area contributed by atoms with Crippen molar-refractivity contribution in [2.45, 2.75) is 290 Å². The molecule has 0 spiro atoms. The minimum Gasteiger partial charge on any atom is -0.0654 e. The van der Waals surface area contributed by atoms with Crippen LogP contribution in [0.3, 0.4) is 0 Å². The van der Waals surface area contributed by atoms with Gasteiger partial charge in [-0.15, -0.1) is 0 Å². The van der Waals surface area contributed by atoms with Crippen molar-refractivity contribution < 1.29 is 0 Å². The molecule has 51 heavy (non-hydrogen) atoms. The quantitative estimate of drug-likeness (QED) is 0.0429. The molecule has 0 amide bonds. The minimum absolute atomic E-state index is 1.36. The van der Waals surface area contributed by atoms with Crippen LogP contribution in [0.5, 0.6) is 0 Å². The SMILES string of the molecule is CCCCCCCCCCCCCCCCP(C)(Cl)(CCCCCCCCCCCCCCCC)CCCCCCCCCCCCCCCC. The zero-order chi connectivity index (χ0) is 37.3. The van der Waals surface area contributed by atoms with E-state index in [1.54, 1.807) is 0 Å². The number of hydrogen-bond donors (Lipinski definition) is 0. The summed E-state index contributed by atoms with van der Waals surface area (Å²) >= 11 is 7.88. The van der Waals surface area contributed by atoms with E-state index < -0.39 is 5.96 Å². The van der Waals surface area contributed by atoms with E-state index in [1.807, 2.05) is 0 Å². The van der Waals surface area contributed by atoms with Gasteiger partial charge < -0.3 is 0 Å². The maximum atomic E-state index is 7.88. The topological polar surface area (TPSA) is 0 Å². The minimum atomic E-state index is -2.08. The molecule has 0 aromatic carbocycles. The number of unbranched alkanes of at least 4 members (excludes halogenated alkanes) is 39. The molecule has 2 heteroatoms. The molecule has 0 saturated carbocycles. The summed E-state index contributed by atoms with van der Waals surface area (Å²) in [6, 6.07) is 0. The predicted octanol–water partition coefficient (Wildman–Crippen LogP) is 19.8. The fourth-order valence-electron chi connectivity index (χ4n) is 8.58. The van der Waals surface area contributed by atoms with Crippen LogP contribution in [-0.2, 0) is 0 Å². The Labute approximate surface area is 331 Å². The fraction of sp³-hybridized carbons (Fsp3) is 1.00. The molecule has 0 N–H and O–H groups in total. The summed E-state index contributed by atoms with van der Waals surface area (Å²) in [6.07, 6.45) is 64.9. The Hall–Kier alpha value is 0.720. The Morgan fingerprint density at radius 3 is 0.471 bits per heavy atom. The van der Waals surface area contributed by atoms with Crippen molar-refractivity contribution >= 4 is 17.2 Å². The second kappa shape index (κ2) is 40.4. The summed E-state index contributed by atoms with van der Waals surface area (Å²) in [7, 11) is 0. The van der Waals surface area contributed by atoms with Crippen LogP contribution in [-0.4, -0.2) is 25.2 Å². The van der Waals surface area contributed by atoms with E-state index in [-0.39, 0.29) is 0 Å². The van der Waals surface area contributed by atoms with E-state index in [0.717, 1.165) is 0 Å². The van der Waals surface area contributed by atoms with Crippen LogP contribution >= 0.6 is 17.2 Å². The van der Waals surface area contributed by atoms with Crippen LogP contribution in [0.4, 0.5) is 0 Å². The molecule has 0 aromatic rings. The van der Waals surface area contributed by atoms with Gasteiger partial charge in [-0.2, -0.15) is 0 Å². The first-order chi connectivity index (χ1) is 25.0. The summed E-state index contributed by atoms with van der Waals surface area (Å²) in [5.74, 6) is -2.08. The van der Waals surface area contributed by atoms with Crippen LogP contribution in [0, 0.1) is 0 Å². The second-order valence-corrected chi connectivity index (χ2v) is 26.9. The van der Waals surface area contributed by atoms with Crippen molar-refractivity contribution in [3.8, 4) is 0 Å². The van der Waals surface area contributed by atoms with E-state index in [1.165, 1.54) is 288 Å². The van der Waals surface area contributed by atoms with Crippen molar-refractivity contribution in [1.29, 1.82) is 0 Å². The van der Waals surface area contributed by atoms with E-state index in [2.05, 4.69) is 27.4 Å². The first-order valence-electron chi connectivity index (χ1n) is 24.7. The van der Waals surface area contributed by atoms with Gasteiger partial charge in [0, 0.05) is 0 Å². The Morgan fingerprint density at radius 2 is 0.333 bits per heavy atom. The van der Waals surface area contributed by atoms with E-state index in [0.29, 0.717) is 0 Å². The molecule has 0 heterocycles. The number of halogens is 1. The Balaban J connectivity index is 4.22. The van der Waals surface area contributed by atoms with Crippen molar-refractivity contribution in [1.82, 2.24) is 0 Å². The molecule has 0 bridgehead atoms. The zero-order valence-electron chi connectivity index (χ0n) is 36.6. The number of rotatable bonds is 45. The molecule has 0 unspecified atom stereocenters. The van der Waals surface area contributed by atoms with Crippen LogP contribution in [0.1, 0.15) is 290 Å². The molecule has 0 saturated heterocycles. The molecule has 0 fully saturated rings. The first-order valence-corrected chi connectivity index (χ1v) is 28.8. The standard InChI is InChI=1S/C49H102ClP/c1-5-8-11-14-17-20-23-26-29-32-35-38-41-44-47-51(4,50,48-45-42-39-36-33-30-27-24-21-18-15-12-9-6-2)49-46-43-40-37-34-31-28-25-22-19-16-13-10-7-3/h5-49H2,1-4H3. The van der Waals surface area contributed by atoms with Crippen molar-refractivity contribution in [3.05, 3.63) is 0 Å². The molecule has 0 aromatic heterocycles. The van der Waals surface area contributed by atoms with E-state index in [4.69, 9.17) is 11.2 Å². The maximum absolute atomic E-state index is 7.88. The molecule has 0 rings (SSSR count). The van der Waals surface area contributed by atoms with E-state index in [9.17, 15) is 0 Å². The number of hydrogen-bond acceptors (Lipinski definition) is 0. The average molecular weight is 758 g/mol. The van der Waals surface area contributed by atoms with Crippen LogP contribution in [0.2, 0.25) is 0 Å². The Morgan fingerprint density at radius 1 is 0.216 bits per heavy atom. The summed E-state index contributed by atoms with van der Waals surface area (Å²) in [5, 5.41) is 0. The van der Waals surface area contributed by atoms with E-state index >= 15 is 0 Å². The third kappa shape index (κ3) is 40.2. The Kier molecular flexibility index (Phi) is 41.0. The van der Waals surface area contributed by atoms with Gasteiger partial charge in [-0.05, 0) is 0 Å². The van der Waals surface area contributed by atoms with Gasteiger partial charge in [-0.25, -0.2) is 0 Å². The van der Waals surface area contributed by atoms with Gasteiger partial charge in [-0.1, -0.05) is 78.6 Å². The fourth-order valence-corrected chi connectivity index (χ4v) is 13.6. The summed E-state index contributed by atoms with van der Waals surface area (Å²) in [6.45, 7) is 9.56. The molecule has 0 aliphatic rings. The molecule has 0 aliphatic heterocycles. The van der Waals surface area contributed by atoms with Gasteiger partial charge in [0.25, 0.3) is 0 Å². The third-order valence-electron chi connectivity index (χ3n) is 12.4. The first kappa shape index (κ1) is 51.7.